The van der Waals surface area contributed by atoms with Crippen LogP contribution in [0.5, 0.6) is 0 Å². The van der Waals surface area contributed by atoms with E-state index < -0.39 is 0 Å². The Morgan fingerprint density at radius 2 is 2.10 bits per heavy atom. The van der Waals surface area contributed by atoms with Crippen LogP contribution in [0, 0.1) is 6.92 Å². The van der Waals surface area contributed by atoms with Crippen molar-refractivity contribution in [1.82, 2.24) is 34.9 Å². The minimum Gasteiger partial charge on any atom is -0.335 e. The number of pyridine rings is 1. The van der Waals surface area contributed by atoms with Gasteiger partial charge in [0.2, 0.25) is 0 Å². The summed E-state index contributed by atoms with van der Waals surface area (Å²) >= 11 is 1.73. The van der Waals surface area contributed by atoms with Crippen molar-refractivity contribution in [3.05, 3.63) is 64.0 Å². The van der Waals surface area contributed by atoms with Gasteiger partial charge in [0.05, 0.1) is 23.3 Å². The largest absolute Gasteiger partial charge is 0.335 e. The standard InChI is InChI=1S/C23H21N7S/c1-13(16-9-25-30(4)12-16)5-7-18-15(3)21(29-28-18)23-26-19-11-24-10-17(22(19)27-23)20-8-6-14(2)31-20/h5-12,28H,3H2,1-2,4H3,(H,26,27)/b13-5+,18-7+. The molecule has 0 aliphatic heterocycles. The van der Waals surface area contributed by atoms with Crippen molar-refractivity contribution in [3.63, 3.8) is 0 Å². The van der Waals surface area contributed by atoms with Crippen LogP contribution in [0.1, 0.15) is 17.4 Å². The van der Waals surface area contributed by atoms with Gasteiger partial charge in [-0.05, 0) is 37.6 Å². The van der Waals surface area contributed by atoms with Gasteiger partial charge in [0.25, 0.3) is 0 Å². The number of aromatic nitrogens is 7. The maximum Gasteiger partial charge on any atom is 0.159 e. The van der Waals surface area contributed by atoms with Gasteiger partial charge in [-0.25, -0.2) is 4.98 Å². The van der Waals surface area contributed by atoms with Gasteiger partial charge < -0.3 is 4.98 Å². The third kappa shape index (κ3) is 3.51. The van der Waals surface area contributed by atoms with Gasteiger partial charge in [0, 0.05) is 45.5 Å². The Morgan fingerprint density at radius 1 is 1.23 bits per heavy atom. The zero-order valence-electron chi connectivity index (χ0n) is 17.5. The maximum absolute atomic E-state index is 4.84. The maximum atomic E-state index is 4.84. The minimum atomic E-state index is 0.673. The van der Waals surface area contributed by atoms with Gasteiger partial charge in [0.15, 0.2) is 5.82 Å². The summed E-state index contributed by atoms with van der Waals surface area (Å²) in [5, 5.41) is 13.4. The van der Waals surface area contributed by atoms with E-state index in [0.717, 1.165) is 43.2 Å². The molecule has 0 spiro atoms. The first kappa shape index (κ1) is 19.2. The van der Waals surface area contributed by atoms with E-state index in [-0.39, 0.29) is 0 Å². The number of hydrogen-bond donors (Lipinski definition) is 2. The molecule has 0 saturated carbocycles. The number of aromatic amines is 2. The lowest BCUT2D eigenvalue weighted by Gasteiger charge is -1.97. The minimum absolute atomic E-state index is 0.673. The van der Waals surface area contributed by atoms with Gasteiger partial charge in [-0.15, -0.1) is 11.3 Å². The van der Waals surface area contributed by atoms with Gasteiger partial charge in [-0.2, -0.15) is 10.2 Å². The lowest BCUT2D eigenvalue weighted by molar-refractivity contribution is 0.767. The van der Waals surface area contributed by atoms with Crippen LogP contribution in [0.25, 0.3) is 51.2 Å². The second-order valence-corrected chi connectivity index (χ2v) is 8.75. The lowest BCUT2D eigenvalue weighted by Crippen LogP contribution is -2.21. The number of allylic oxidation sites excluding steroid dienone is 2. The van der Waals surface area contributed by atoms with Crippen LogP contribution in [-0.4, -0.2) is 34.9 Å². The summed E-state index contributed by atoms with van der Waals surface area (Å²) in [5.74, 6) is 0.673. The van der Waals surface area contributed by atoms with Gasteiger partial charge in [-0.3, -0.25) is 14.8 Å². The number of thiophene rings is 1. The fourth-order valence-electron chi connectivity index (χ4n) is 3.45. The molecule has 154 valence electrons. The molecule has 5 rings (SSSR count). The predicted molar refractivity (Wildman–Crippen MR) is 126 cm³/mol. The van der Waals surface area contributed by atoms with Gasteiger partial charge >= 0.3 is 0 Å². The Morgan fingerprint density at radius 3 is 2.84 bits per heavy atom. The molecule has 2 N–H and O–H groups in total. The molecule has 0 unspecified atom stereocenters. The number of fused-ring (bicyclic) bond motifs is 1. The second-order valence-electron chi connectivity index (χ2n) is 7.46. The third-order valence-electron chi connectivity index (χ3n) is 5.18. The van der Waals surface area contributed by atoms with Crippen LogP contribution in [0.4, 0.5) is 0 Å². The molecule has 5 aromatic heterocycles. The highest BCUT2D eigenvalue weighted by molar-refractivity contribution is 7.15. The number of hydrogen-bond acceptors (Lipinski definition) is 5. The molecule has 0 radical (unpaired) electrons. The van der Waals surface area contributed by atoms with E-state index >= 15 is 0 Å². The van der Waals surface area contributed by atoms with Crippen LogP contribution < -0.4 is 10.6 Å². The Bertz CT molecular complexity index is 1540. The fraction of sp³-hybridized carbons (Fsp3) is 0.130. The number of H-pyrrole nitrogens is 2. The van der Waals surface area contributed by atoms with E-state index in [0.29, 0.717) is 11.5 Å². The molecular formula is C23H21N7S. The average Bonchev–Trinajstić information content (AvgIpc) is 3.53. The normalized spacial score (nSPS) is 12.9. The quantitative estimate of drug-likeness (QED) is 0.460. The van der Waals surface area contributed by atoms with E-state index in [2.05, 4.69) is 50.9 Å². The van der Waals surface area contributed by atoms with Gasteiger partial charge in [-0.1, -0.05) is 12.7 Å². The molecule has 0 bridgehead atoms. The summed E-state index contributed by atoms with van der Waals surface area (Å²) in [4.78, 5) is 15.0. The third-order valence-corrected chi connectivity index (χ3v) is 6.22. The number of nitrogens with one attached hydrogen (secondary N) is 2. The molecule has 31 heavy (non-hydrogen) atoms. The fourth-order valence-corrected chi connectivity index (χ4v) is 4.32. The number of imidazole rings is 1. The van der Waals surface area contributed by atoms with E-state index in [9.17, 15) is 0 Å². The SMILES string of the molecule is C=c1c(-c2nc3c(-c4ccc(C)s4)cncc3[nH]2)n[nH]/c1=C/C=C(\C)c1cnn(C)c1. The predicted octanol–water partition coefficient (Wildman–Crippen LogP) is 3.41. The molecular weight excluding hydrogens is 406 g/mol. The molecule has 5 heterocycles. The molecule has 0 amide bonds. The summed E-state index contributed by atoms with van der Waals surface area (Å²) in [5.41, 5.74) is 5.65. The van der Waals surface area contributed by atoms with Crippen molar-refractivity contribution in [3.8, 4) is 22.0 Å². The molecule has 0 aromatic carbocycles. The van der Waals surface area contributed by atoms with E-state index in [1.165, 1.54) is 4.88 Å². The zero-order chi connectivity index (χ0) is 21.5. The number of nitrogens with zero attached hydrogens (tertiary/aromatic N) is 5. The lowest BCUT2D eigenvalue weighted by atomic mass is 10.1. The summed E-state index contributed by atoms with van der Waals surface area (Å²) in [6.45, 7) is 8.37. The molecule has 8 heteroatoms. The number of rotatable bonds is 4. The van der Waals surface area contributed by atoms with Crippen molar-refractivity contribution in [2.24, 2.45) is 7.05 Å². The Balaban J connectivity index is 1.55. The first-order chi connectivity index (χ1) is 15.0. The van der Waals surface area contributed by atoms with E-state index in [1.807, 2.05) is 44.7 Å². The molecule has 0 aliphatic carbocycles. The van der Waals surface area contributed by atoms with Crippen molar-refractivity contribution < 1.29 is 0 Å². The highest BCUT2D eigenvalue weighted by Crippen LogP contribution is 2.32. The smallest absolute Gasteiger partial charge is 0.159 e. The highest BCUT2D eigenvalue weighted by atomic mass is 32.1. The topological polar surface area (TPSA) is 88.1 Å². The first-order valence-electron chi connectivity index (χ1n) is 9.81. The van der Waals surface area contributed by atoms with Crippen LogP contribution in [0.15, 0.2) is 43.0 Å². The molecule has 7 nitrogen and oxygen atoms in total. The van der Waals surface area contributed by atoms with Crippen LogP contribution in [0.2, 0.25) is 0 Å². The molecule has 5 aromatic rings. The molecule has 0 saturated heterocycles. The second kappa shape index (κ2) is 7.48. The van der Waals surface area contributed by atoms with Gasteiger partial charge in [0.1, 0.15) is 11.2 Å². The Labute approximate surface area is 182 Å². The molecule has 0 aliphatic rings. The van der Waals surface area contributed by atoms with Crippen LogP contribution in [-0.2, 0) is 7.05 Å². The van der Waals surface area contributed by atoms with Crippen molar-refractivity contribution in [2.45, 2.75) is 13.8 Å². The summed E-state index contributed by atoms with van der Waals surface area (Å²) in [6.07, 6.45) is 11.5. The first-order valence-corrected chi connectivity index (χ1v) is 10.6. The molecule has 0 fully saturated rings. The van der Waals surface area contributed by atoms with E-state index in [1.54, 1.807) is 22.2 Å². The highest BCUT2D eigenvalue weighted by Gasteiger charge is 2.14. The Hall–Kier alpha value is -3.78. The van der Waals surface area contributed by atoms with E-state index in [4.69, 9.17) is 4.98 Å². The monoisotopic (exact) mass is 427 g/mol. The average molecular weight is 428 g/mol. The Kier molecular flexibility index (Phi) is 4.63. The zero-order valence-corrected chi connectivity index (χ0v) is 18.3. The number of aryl methyl sites for hydroxylation is 2. The summed E-state index contributed by atoms with van der Waals surface area (Å²) in [7, 11) is 1.91. The van der Waals surface area contributed by atoms with Crippen molar-refractivity contribution in [1.29, 1.82) is 0 Å². The van der Waals surface area contributed by atoms with Crippen LogP contribution in [0.3, 0.4) is 0 Å². The van der Waals surface area contributed by atoms with Crippen molar-refractivity contribution in [2.75, 3.05) is 0 Å². The summed E-state index contributed by atoms with van der Waals surface area (Å²) in [6, 6.07) is 4.22. The van der Waals surface area contributed by atoms with Crippen LogP contribution >= 0.6 is 11.3 Å². The molecule has 0 atom stereocenters. The van der Waals surface area contributed by atoms with Crippen molar-refractivity contribution >= 4 is 40.6 Å². The summed E-state index contributed by atoms with van der Waals surface area (Å²) < 4.78 is 1.79.